The molecule has 0 spiro atoms. The van der Waals surface area contributed by atoms with Crippen LogP contribution in [0.5, 0.6) is 0 Å². The summed E-state index contributed by atoms with van der Waals surface area (Å²) in [5.74, 6) is -0.812. The molecule has 1 aliphatic heterocycles. The Balaban J connectivity index is 2.06. The van der Waals surface area contributed by atoms with Crippen LogP contribution < -0.4 is 5.32 Å². The number of nitrogens with one attached hydrogen (secondary N) is 1. The van der Waals surface area contributed by atoms with Crippen LogP contribution in [0.2, 0.25) is 0 Å². The van der Waals surface area contributed by atoms with E-state index in [2.05, 4.69) is 35.2 Å². The van der Waals surface area contributed by atoms with E-state index in [0.717, 1.165) is 24.9 Å². The highest BCUT2D eigenvalue weighted by molar-refractivity contribution is 6.29. The lowest BCUT2D eigenvalue weighted by molar-refractivity contribution is -0.141. The zero-order valence-electron chi connectivity index (χ0n) is 13.4. The second-order valence-corrected chi connectivity index (χ2v) is 6.15. The zero-order valence-corrected chi connectivity index (χ0v) is 14.2. The van der Waals surface area contributed by atoms with Gasteiger partial charge in [0.2, 0.25) is 5.95 Å². The summed E-state index contributed by atoms with van der Waals surface area (Å²) in [6, 6.07) is 0.582. The maximum atomic E-state index is 13.3. The quantitative estimate of drug-likeness (QED) is 0.462. The standard InChI is InChI=1S/C14H8ClF6N7/c15-12(28-11-24-5-22-6-25-11)3-7(26-9(4-12)14(19,20)21)10-23-2-1-8(27-10)13(16,17)18/h1-3,5-6H,4H2,(H,22,24,25,28). The first-order valence-electron chi connectivity index (χ1n) is 7.34. The summed E-state index contributed by atoms with van der Waals surface area (Å²) in [5.41, 5.74) is -3.25. The second kappa shape index (κ2) is 6.96. The molecule has 0 aliphatic carbocycles. The third kappa shape index (κ3) is 4.52. The van der Waals surface area contributed by atoms with Crippen LogP contribution >= 0.6 is 11.6 Å². The summed E-state index contributed by atoms with van der Waals surface area (Å²) < 4.78 is 78.4. The van der Waals surface area contributed by atoms with Crippen LogP contribution in [-0.4, -0.2) is 41.8 Å². The Morgan fingerprint density at radius 1 is 1.00 bits per heavy atom. The smallest absolute Gasteiger partial charge is 0.332 e. The van der Waals surface area contributed by atoms with Gasteiger partial charge in [0.1, 0.15) is 34.8 Å². The van der Waals surface area contributed by atoms with E-state index in [1.54, 1.807) is 0 Å². The molecule has 3 heterocycles. The first kappa shape index (κ1) is 19.9. The number of rotatable bonds is 3. The number of anilines is 1. The van der Waals surface area contributed by atoms with Gasteiger partial charge in [0.25, 0.3) is 0 Å². The molecule has 0 amide bonds. The Bertz CT molecular complexity index is 928. The second-order valence-electron chi connectivity index (χ2n) is 5.48. The van der Waals surface area contributed by atoms with Crippen LogP contribution in [0.15, 0.2) is 36.0 Å². The molecule has 7 nitrogen and oxygen atoms in total. The molecule has 2 aromatic rings. The number of alkyl halides is 7. The fourth-order valence-corrected chi connectivity index (χ4v) is 2.53. The van der Waals surface area contributed by atoms with Crippen LogP contribution in [0, 0.1) is 0 Å². The molecule has 1 atom stereocenters. The van der Waals surface area contributed by atoms with Gasteiger partial charge in [-0.2, -0.15) is 26.3 Å². The highest BCUT2D eigenvalue weighted by atomic mass is 35.5. The van der Waals surface area contributed by atoms with Crippen molar-refractivity contribution < 1.29 is 26.3 Å². The lowest BCUT2D eigenvalue weighted by Gasteiger charge is -2.30. The molecule has 2 aromatic heterocycles. The van der Waals surface area contributed by atoms with Crippen molar-refractivity contribution in [2.45, 2.75) is 23.8 Å². The Hall–Kier alpha value is -2.83. The van der Waals surface area contributed by atoms with Crippen molar-refractivity contribution in [2.24, 2.45) is 4.99 Å². The summed E-state index contributed by atoms with van der Waals surface area (Å²) in [6.45, 7) is 0. The molecule has 1 N–H and O–H groups in total. The average molecular weight is 424 g/mol. The molecular weight excluding hydrogens is 416 g/mol. The summed E-state index contributed by atoms with van der Waals surface area (Å²) >= 11 is 6.24. The topological polar surface area (TPSA) is 88.8 Å². The van der Waals surface area contributed by atoms with Gasteiger partial charge < -0.3 is 5.32 Å². The molecule has 0 fully saturated rings. The van der Waals surface area contributed by atoms with Gasteiger partial charge >= 0.3 is 12.4 Å². The molecule has 1 unspecified atom stereocenters. The predicted molar refractivity (Wildman–Crippen MR) is 85.2 cm³/mol. The fourth-order valence-electron chi connectivity index (χ4n) is 2.22. The molecule has 0 radical (unpaired) electrons. The zero-order chi connectivity index (χ0) is 20.6. The molecule has 28 heavy (non-hydrogen) atoms. The van der Waals surface area contributed by atoms with E-state index in [4.69, 9.17) is 11.6 Å². The molecule has 1 aliphatic rings. The van der Waals surface area contributed by atoms with E-state index >= 15 is 0 Å². The fraction of sp³-hybridized carbons (Fsp3) is 0.286. The first-order valence-corrected chi connectivity index (χ1v) is 7.71. The molecule has 0 bridgehead atoms. The number of halogens is 7. The van der Waals surface area contributed by atoms with E-state index in [-0.39, 0.29) is 5.95 Å². The van der Waals surface area contributed by atoms with Gasteiger partial charge in [0.05, 0.1) is 0 Å². The van der Waals surface area contributed by atoms with E-state index in [9.17, 15) is 26.3 Å². The summed E-state index contributed by atoms with van der Waals surface area (Å²) in [6.07, 6.45) is -6.64. The van der Waals surface area contributed by atoms with E-state index in [0.29, 0.717) is 6.07 Å². The van der Waals surface area contributed by atoms with Crippen molar-refractivity contribution in [3.63, 3.8) is 0 Å². The molecule has 14 heteroatoms. The molecule has 0 aromatic carbocycles. The molecule has 3 rings (SSSR count). The van der Waals surface area contributed by atoms with Crippen molar-refractivity contribution in [3.8, 4) is 0 Å². The molecule has 148 valence electrons. The SMILES string of the molecule is FC(F)(F)C1=NC(c2nccc(C(F)(F)F)n2)=CC(Cl)(Nc2ncncn2)C1. The number of aromatic nitrogens is 5. The number of aliphatic imine (C=N–C) groups is 1. The Morgan fingerprint density at radius 2 is 1.68 bits per heavy atom. The lowest BCUT2D eigenvalue weighted by Crippen LogP contribution is -2.40. The van der Waals surface area contributed by atoms with Crippen molar-refractivity contribution in [3.05, 3.63) is 42.5 Å². The van der Waals surface area contributed by atoms with E-state index in [1.165, 1.54) is 0 Å². The Labute approximate surface area is 157 Å². The Kier molecular flexibility index (Phi) is 4.95. The lowest BCUT2D eigenvalue weighted by atomic mass is 10.0. The minimum absolute atomic E-state index is 0.144. The first-order chi connectivity index (χ1) is 13.0. The highest BCUT2D eigenvalue weighted by Crippen LogP contribution is 2.37. The van der Waals surface area contributed by atoms with Gasteiger partial charge in [-0.3, -0.25) is 0 Å². The van der Waals surface area contributed by atoms with Crippen LogP contribution in [0.4, 0.5) is 32.3 Å². The van der Waals surface area contributed by atoms with Crippen molar-refractivity contribution in [1.82, 2.24) is 24.9 Å². The van der Waals surface area contributed by atoms with Gasteiger partial charge in [-0.05, 0) is 12.1 Å². The monoisotopic (exact) mass is 423 g/mol. The number of hydrogen-bond acceptors (Lipinski definition) is 7. The predicted octanol–water partition coefficient (Wildman–Crippen LogP) is 3.48. The van der Waals surface area contributed by atoms with E-state index < -0.39 is 46.7 Å². The maximum absolute atomic E-state index is 13.3. The van der Waals surface area contributed by atoms with Gasteiger partial charge in [0.15, 0.2) is 5.82 Å². The van der Waals surface area contributed by atoms with Gasteiger partial charge in [-0.1, -0.05) is 11.6 Å². The van der Waals surface area contributed by atoms with Crippen LogP contribution in [0.25, 0.3) is 5.70 Å². The van der Waals surface area contributed by atoms with Gasteiger partial charge in [-0.15, -0.1) is 0 Å². The number of nitrogens with zero attached hydrogens (tertiary/aromatic N) is 6. The van der Waals surface area contributed by atoms with Gasteiger partial charge in [0, 0.05) is 12.6 Å². The van der Waals surface area contributed by atoms with Crippen LogP contribution in [0.3, 0.4) is 0 Å². The molecular formula is C14H8ClF6N7. The highest BCUT2D eigenvalue weighted by Gasteiger charge is 2.44. The minimum atomic E-state index is -4.89. The van der Waals surface area contributed by atoms with Crippen LogP contribution in [-0.2, 0) is 6.18 Å². The summed E-state index contributed by atoms with van der Waals surface area (Å²) in [7, 11) is 0. The molecule has 0 saturated heterocycles. The Morgan fingerprint density at radius 3 is 2.29 bits per heavy atom. The van der Waals surface area contributed by atoms with E-state index in [1.807, 2.05) is 0 Å². The van der Waals surface area contributed by atoms with Crippen molar-refractivity contribution in [1.29, 1.82) is 0 Å². The van der Waals surface area contributed by atoms with Gasteiger partial charge in [-0.25, -0.2) is 29.9 Å². The normalized spacial score (nSPS) is 20.4. The molecule has 0 saturated carbocycles. The maximum Gasteiger partial charge on any atom is 0.433 e. The third-order valence-corrected chi connectivity index (χ3v) is 3.70. The number of hydrogen-bond donors (Lipinski definition) is 1. The largest absolute Gasteiger partial charge is 0.433 e. The third-order valence-electron chi connectivity index (χ3n) is 3.36. The summed E-state index contributed by atoms with van der Waals surface area (Å²) in [5, 5.41) is 2.47. The summed E-state index contributed by atoms with van der Waals surface area (Å²) in [4.78, 5) is 19.2. The average Bonchev–Trinajstić information content (AvgIpc) is 2.60. The van der Waals surface area contributed by atoms with Crippen molar-refractivity contribution in [2.75, 3.05) is 5.32 Å². The van der Waals surface area contributed by atoms with Crippen LogP contribution in [0.1, 0.15) is 17.9 Å². The van der Waals surface area contributed by atoms with Crippen molar-refractivity contribution >= 4 is 29.0 Å². The minimum Gasteiger partial charge on any atom is -0.332 e.